The van der Waals surface area contributed by atoms with E-state index in [0.717, 1.165) is 25.9 Å². The highest BCUT2D eigenvalue weighted by Crippen LogP contribution is 2.31. The molecule has 0 amide bonds. The number of aliphatic hydroxyl groups is 1. The van der Waals surface area contributed by atoms with E-state index in [4.69, 9.17) is 5.73 Å². The molecule has 4 N–H and O–H groups in total. The summed E-state index contributed by atoms with van der Waals surface area (Å²) in [5.41, 5.74) is 5.38. The lowest BCUT2D eigenvalue weighted by atomic mass is 9.79. The SMILES string of the molecule is NCC1CCCCC1NCC1(O)CCC1. The van der Waals surface area contributed by atoms with Gasteiger partial charge in [-0.3, -0.25) is 0 Å². The standard InChI is InChI=1S/C12H24N2O/c13-8-10-4-1-2-5-11(10)14-9-12(15)6-3-7-12/h10-11,14-15H,1-9,13H2. The van der Waals surface area contributed by atoms with Crippen LogP contribution in [0, 0.1) is 5.92 Å². The van der Waals surface area contributed by atoms with Crippen molar-refractivity contribution in [3.8, 4) is 0 Å². The van der Waals surface area contributed by atoms with Crippen LogP contribution in [0.15, 0.2) is 0 Å². The Morgan fingerprint density at radius 2 is 1.93 bits per heavy atom. The van der Waals surface area contributed by atoms with Crippen molar-refractivity contribution in [2.45, 2.75) is 56.6 Å². The van der Waals surface area contributed by atoms with Gasteiger partial charge in [0, 0.05) is 12.6 Å². The van der Waals surface area contributed by atoms with Crippen molar-refractivity contribution in [1.29, 1.82) is 0 Å². The molecular formula is C12H24N2O. The largest absolute Gasteiger partial charge is 0.389 e. The van der Waals surface area contributed by atoms with Gasteiger partial charge in [0.15, 0.2) is 0 Å². The predicted octanol–water partition coefficient (Wildman–Crippen LogP) is 1.01. The van der Waals surface area contributed by atoms with Crippen LogP contribution < -0.4 is 11.1 Å². The molecule has 0 aliphatic heterocycles. The average Bonchev–Trinajstić information content (AvgIpc) is 2.24. The smallest absolute Gasteiger partial charge is 0.0771 e. The lowest BCUT2D eigenvalue weighted by molar-refractivity contribution is -0.0353. The van der Waals surface area contributed by atoms with Crippen LogP contribution in [0.25, 0.3) is 0 Å². The Morgan fingerprint density at radius 1 is 1.20 bits per heavy atom. The summed E-state index contributed by atoms with van der Waals surface area (Å²) in [6, 6.07) is 0.549. The molecule has 0 heterocycles. The van der Waals surface area contributed by atoms with E-state index >= 15 is 0 Å². The lowest BCUT2D eigenvalue weighted by Gasteiger charge is -2.40. The molecule has 15 heavy (non-hydrogen) atoms. The van der Waals surface area contributed by atoms with E-state index in [1.807, 2.05) is 0 Å². The van der Waals surface area contributed by atoms with Crippen LogP contribution in [0.3, 0.4) is 0 Å². The first-order valence-electron chi connectivity index (χ1n) is 6.39. The van der Waals surface area contributed by atoms with Crippen molar-refractivity contribution in [2.75, 3.05) is 13.1 Å². The second kappa shape index (κ2) is 4.81. The van der Waals surface area contributed by atoms with Crippen molar-refractivity contribution < 1.29 is 5.11 Å². The molecule has 3 heteroatoms. The van der Waals surface area contributed by atoms with Gasteiger partial charge in [0.05, 0.1) is 5.60 Å². The normalized spacial score (nSPS) is 34.8. The van der Waals surface area contributed by atoms with Gasteiger partial charge < -0.3 is 16.2 Å². The Bertz CT molecular complexity index is 204. The molecular weight excluding hydrogens is 188 g/mol. The maximum Gasteiger partial charge on any atom is 0.0771 e. The van der Waals surface area contributed by atoms with E-state index in [0.29, 0.717) is 12.0 Å². The molecule has 0 aromatic rings. The topological polar surface area (TPSA) is 58.3 Å². The van der Waals surface area contributed by atoms with Crippen LogP contribution in [0.2, 0.25) is 0 Å². The van der Waals surface area contributed by atoms with Crippen molar-refractivity contribution in [1.82, 2.24) is 5.32 Å². The Morgan fingerprint density at radius 3 is 2.53 bits per heavy atom. The highest BCUT2D eigenvalue weighted by atomic mass is 16.3. The number of rotatable bonds is 4. The maximum absolute atomic E-state index is 10.0. The summed E-state index contributed by atoms with van der Waals surface area (Å²) in [4.78, 5) is 0. The van der Waals surface area contributed by atoms with Crippen molar-refractivity contribution >= 4 is 0 Å². The van der Waals surface area contributed by atoms with Crippen molar-refractivity contribution in [3.63, 3.8) is 0 Å². The molecule has 0 aromatic carbocycles. The molecule has 2 aliphatic rings. The predicted molar refractivity (Wildman–Crippen MR) is 61.6 cm³/mol. The zero-order chi connectivity index (χ0) is 10.7. The Labute approximate surface area is 92.4 Å². The molecule has 0 bridgehead atoms. The van der Waals surface area contributed by atoms with Gasteiger partial charge in [-0.2, -0.15) is 0 Å². The molecule has 88 valence electrons. The van der Waals surface area contributed by atoms with E-state index < -0.39 is 5.60 Å². The van der Waals surface area contributed by atoms with E-state index in [9.17, 15) is 5.11 Å². The van der Waals surface area contributed by atoms with Gasteiger partial charge >= 0.3 is 0 Å². The summed E-state index contributed by atoms with van der Waals surface area (Å²) in [6.07, 6.45) is 8.25. The third kappa shape index (κ3) is 2.71. The first-order chi connectivity index (χ1) is 7.23. The number of hydrogen-bond acceptors (Lipinski definition) is 3. The monoisotopic (exact) mass is 212 g/mol. The van der Waals surface area contributed by atoms with Gasteiger partial charge in [-0.1, -0.05) is 12.8 Å². The van der Waals surface area contributed by atoms with Gasteiger partial charge in [-0.15, -0.1) is 0 Å². The fourth-order valence-electron chi connectivity index (χ4n) is 2.84. The van der Waals surface area contributed by atoms with Crippen LogP contribution in [-0.2, 0) is 0 Å². The highest BCUT2D eigenvalue weighted by Gasteiger charge is 2.35. The van der Waals surface area contributed by atoms with Gasteiger partial charge in [-0.25, -0.2) is 0 Å². The minimum atomic E-state index is -0.392. The summed E-state index contributed by atoms with van der Waals surface area (Å²) < 4.78 is 0. The van der Waals surface area contributed by atoms with Gasteiger partial charge in [-0.05, 0) is 44.6 Å². The van der Waals surface area contributed by atoms with Crippen LogP contribution in [-0.4, -0.2) is 29.8 Å². The maximum atomic E-state index is 10.0. The van der Waals surface area contributed by atoms with Crippen LogP contribution in [0.5, 0.6) is 0 Å². The van der Waals surface area contributed by atoms with E-state index in [-0.39, 0.29) is 0 Å². The first kappa shape index (κ1) is 11.4. The third-order valence-corrected chi connectivity index (χ3v) is 4.19. The molecule has 0 radical (unpaired) electrons. The quantitative estimate of drug-likeness (QED) is 0.652. The lowest BCUT2D eigenvalue weighted by Crippen LogP contribution is -2.52. The van der Waals surface area contributed by atoms with Crippen LogP contribution in [0.4, 0.5) is 0 Å². The Hall–Kier alpha value is -0.120. The summed E-state index contributed by atoms with van der Waals surface area (Å²) in [5, 5.41) is 13.5. The number of nitrogens with two attached hydrogens (primary N) is 1. The Balaban J connectivity index is 1.76. The minimum Gasteiger partial charge on any atom is -0.389 e. The molecule has 2 atom stereocenters. The van der Waals surface area contributed by atoms with Gasteiger partial charge in [0.25, 0.3) is 0 Å². The van der Waals surface area contributed by atoms with E-state index in [2.05, 4.69) is 5.32 Å². The van der Waals surface area contributed by atoms with E-state index in [1.54, 1.807) is 0 Å². The molecule has 3 nitrogen and oxygen atoms in total. The zero-order valence-corrected chi connectivity index (χ0v) is 9.54. The molecule has 2 rings (SSSR count). The van der Waals surface area contributed by atoms with Gasteiger partial charge in [0.1, 0.15) is 0 Å². The summed E-state index contributed by atoms with van der Waals surface area (Å²) in [6.45, 7) is 1.56. The Kier molecular flexibility index (Phi) is 3.65. The number of hydrogen-bond donors (Lipinski definition) is 3. The van der Waals surface area contributed by atoms with Crippen molar-refractivity contribution in [3.05, 3.63) is 0 Å². The zero-order valence-electron chi connectivity index (χ0n) is 9.54. The van der Waals surface area contributed by atoms with Crippen molar-refractivity contribution in [2.24, 2.45) is 11.7 Å². The fourth-order valence-corrected chi connectivity index (χ4v) is 2.84. The second-order valence-corrected chi connectivity index (χ2v) is 5.35. The fraction of sp³-hybridized carbons (Fsp3) is 1.00. The number of nitrogens with one attached hydrogen (secondary N) is 1. The highest BCUT2D eigenvalue weighted by molar-refractivity contribution is 4.92. The second-order valence-electron chi connectivity index (χ2n) is 5.35. The van der Waals surface area contributed by atoms with Gasteiger partial charge in [0.2, 0.25) is 0 Å². The minimum absolute atomic E-state index is 0.392. The molecule has 0 saturated heterocycles. The summed E-state index contributed by atoms with van der Waals surface area (Å²) in [7, 11) is 0. The third-order valence-electron chi connectivity index (χ3n) is 4.19. The summed E-state index contributed by atoms with van der Waals surface area (Å²) >= 11 is 0. The molecule has 0 aromatic heterocycles. The molecule has 2 fully saturated rings. The molecule has 0 spiro atoms. The molecule has 2 unspecified atom stereocenters. The molecule has 2 saturated carbocycles. The average molecular weight is 212 g/mol. The summed E-state index contributed by atoms with van der Waals surface area (Å²) in [5.74, 6) is 0.627. The molecule has 2 aliphatic carbocycles. The van der Waals surface area contributed by atoms with Crippen LogP contribution in [0.1, 0.15) is 44.9 Å². The van der Waals surface area contributed by atoms with Crippen LogP contribution >= 0.6 is 0 Å². The first-order valence-corrected chi connectivity index (χ1v) is 6.39. The van der Waals surface area contributed by atoms with E-state index in [1.165, 1.54) is 32.1 Å².